The summed E-state index contributed by atoms with van der Waals surface area (Å²) in [6.45, 7) is 0. The highest BCUT2D eigenvalue weighted by atomic mass is 15.1. The zero-order valence-electron chi connectivity index (χ0n) is 6.20. The van der Waals surface area contributed by atoms with Gasteiger partial charge < -0.3 is 5.84 Å². The summed E-state index contributed by atoms with van der Waals surface area (Å²) in [4.78, 5) is 0. The Morgan fingerprint density at radius 2 is 2.09 bits per heavy atom. The second-order valence-corrected chi connectivity index (χ2v) is 2.15. The smallest absolute Gasteiger partial charge is 0.00360 e. The Morgan fingerprint density at radius 3 is 2.73 bits per heavy atom. The van der Waals surface area contributed by atoms with Gasteiger partial charge in [0.05, 0.1) is 0 Å². The second kappa shape index (κ2) is 4.31. The van der Waals surface area contributed by atoms with E-state index in [-0.39, 0.29) is 0 Å². The molecule has 1 rings (SSSR count). The lowest BCUT2D eigenvalue weighted by atomic mass is 10.2. The molecule has 0 aromatic heterocycles. The highest BCUT2D eigenvalue weighted by Crippen LogP contribution is 1.98. The molecule has 0 heterocycles. The van der Waals surface area contributed by atoms with Crippen molar-refractivity contribution >= 4 is 5.87 Å². The predicted octanol–water partition coefficient (Wildman–Crippen LogP) is 1.33. The molecule has 2 heteroatoms. The van der Waals surface area contributed by atoms with E-state index in [0.29, 0.717) is 0 Å². The van der Waals surface area contributed by atoms with E-state index in [4.69, 9.17) is 5.84 Å². The molecule has 56 valence electrons. The molecule has 0 unspecified atom stereocenters. The first kappa shape index (κ1) is 7.58. The minimum absolute atomic E-state index is 0.835. The van der Waals surface area contributed by atoms with Crippen LogP contribution in [0.2, 0.25) is 0 Å². The van der Waals surface area contributed by atoms with Crippen LogP contribution in [0.5, 0.6) is 0 Å². The lowest BCUT2D eigenvalue weighted by Crippen LogP contribution is -1.80. The molecule has 2 N–H and O–H groups in total. The molecule has 0 atom stereocenters. The van der Waals surface area contributed by atoms with Gasteiger partial charge in [0.15, 0.2) is 0 Å². The van der Waals surface area contributed by atoms with Crippen LogP contribution in [0.3, 0.4) is 0 Å². The SMILES string of the molecule is NN=C=CCc1ccccc1. The van der Waals surface area contributed by atoms with Gasteiger partial charge in [0.25, 0.3) is 0 Å². The Hall–Kier alpha value is -1.53. The summed E-state index contributed by atoms with van der Waals surface area (Å²) in [7, 11) is 0. The van der Waals surface area contributed by atoms with Crippen LogP contribution in [0, 0.1) is 0 Å². The zero-order valence-corrected chi connectivity index (χ0v) is 6.20. The fourth-order valence-electron chi connectivity index (χ4n) is 0.830. The highest BCUT2D eigenvalue weighted by Gasteiger charge is 1.83. The molecular formula is C9H10N2. The van der Waals surface area contributed by atoms with E-state index >= 15 is 0 Å². The quantitative estimate of drug-likeness (QED) is 0.381. The summed E-state index contributed by atoms with van der Waals surface area (Å²) in [6, 6.07) is 10.1. The fourth-order valence-corrected chi connectivity index (χ4v) is 0.830. The molecule has 0 bridgehead atoms. The molecule has 0 spiro atoms. The van der Waals surface area contributed by atoms with E-state index in [2.05, 4.69) is 23.1 Å². The van der Waals surface area contributed by atoms with Gasteiger partial charge in [0.1, 0.15) is 0 Å². The van der Waals surface area contributed by atoms with E-state index in [1.54, 1.807) is 6.08 Å². The maximum absolute atomic E-state index is 4.88. The van der Waals surface area contributed by atoms with Crippen molar-refractivity contribution in [3.8, 4) is 0 Å². The Bertz CT molecular complexity index is 258. The molecule has 0 radical (unpaired) electrons. The number of hydrogen-bond donors (Lipinski definition) is 1. The van der Waals surface area contributed by atoms with Crippen LogP contribution in [0.15, 0.2) is 41.5 Å². The molecule has 11 heavy (non-hydrogen) atoms. The molecule has 0 saturated heterocycles. The molecule has 1 aromatic carbocycles. The molecule has 2 nitrogen and oxygen atoms in total. The fraction of sp³-hybridized carbons (Fsp3) is 0.111. The number of hydrogen-bond acceptors (Lipinski definition) is 2. The van der Waals surface area contributed by atoms with Crippen LogP contribution in [0.1, 0.15) is 5.56 Å². The summed E-state index contributed by atoms with van der Waals surface area (Å²) in [5.41, 5.74) is 1.24. The van der Waals surface area contributed by atoms with Crippen LogP contribution >= 0.6 is 0 Å². The van der Waals surface area contributed by atoms with Gasteiger partial charge in [0.2, 0.25) is 0 Å². The first-order valence-corrected chi connectivity index (χ1v) is 3.44. The van der Waals surface area contributed by atoms with Gasteiger partial charge in [-0.25, -0.2) is 0 Å². The van der Waals surface area contributed by atoms with Crippen LogP contribution in [-0.2, 0) is 6.42 Å². The Morgan fingerprint density at radius 1 is 1.36 bits per heavy atom. The van der Waals surface area contributed by atoms with Crippen molar-refractivity contribution < 1.29 is 0 Å². The largest absolute Gasteiger partial charge is 0.315 e. The Kier molecular flexibility index (Phi) is 2.97. The maximum atomic E-state index is 4.88. The van der Waals surface area contributed by atoms with Gasteiger partial charge in [-0.3, -0.25) is 0 Å². The van der Waals surface area contributed by atoms with Crippen molar-refractivity contribution in [2.45, 2.75) is 6.42 Å². The first-order valence-electron chi connectivity index (χ1n) is 3.44. The number of allylic oxidation sites excluding steroid dienone is 1. The Balaban J connectivity index is 2.59. The lowest BCUT2D eigenvalue weighted by molar-refractivity contribution is 1.25. The molecular weight excluding hydrogens is 136 g/mol. The van der Waals surface area contributed by atoms with Gasteiger partial charge in [-0.05, 0) is 18.1 Å². The van der Waals surface area contributed by atoms with Gasteiger partial charge in [-0.1, -0.05) is 30.3 Å². The zero-order chi connectivity index (χ0) is 7.94. The molecule has 1 aromatic rings. The van der Waals surface area contributed by atoms with Crippen molar-refractivity contribution in [1.29, 1.82) is 0 Å². The lowest BCUT2D eigenvalue weighted by Gasteiger charge is -1.90. The van der Waals surface area contributed by atoms with Crippen molar-refractivity contribution in [2.24, 2.45) is 10.9 Å². The summed E-state index contributed by atoms with van der Waals surface area (Å²) >= 11 is 0. The van der Waals surface area contributed by atoms with Gasteiger partial charge in [-0.15, -0.1) is 5.10 Å². The average Bonchev–Trinajstić information content (AvgIpc) is 2.07. The average molecular weight is 146 g/mol. The van der Waals surface area contributed by atoms with Crippen LogP contribution in [0.4, 0.5) is 0 Å². The number of hydrazone groups is 1. The highest BCUT2D eigenvalue weighted by molar-refractivity contribution is 5.51. The minimum Gasteiger partial charge on any atom is -0.315 e. The van der Waals surface area contributed by atoms with Crippen molar-refractivity contribution in [3.05, 3.63) is 42.0 Å². The normalized spacial score (nSPS) is 8.36. The number of benzene rings is 1. The van der Waals surface area contributed by atoms with Crippen LogP contribution in [0.25, 0.3) is 0 Å². The van der Waals surface area contributed by atoms with Crippen LogP contribution in [-0.4, -0.2) is 5.87 Å². The summed E-state index contributed by atoms with van der Waals surface area (Å²) in [5.74, 6) is 7.45. The van der Waals surface area contributed by atoms with Crippen molar-refractivity contribution in [1.82, 2.24) is 0 Å². The molecule has 0 amide bonds. The minimum atomic E-state index is 0.835. The molecule has 0 saturated carbocycles. The topological polar surface area (TPSA) is 38.4 Å². The standard InChI is InChI=1S/C9H10N2/c10-11-8-4-7-9-5-2-1-3-6-9/h1-6H,7,10H2. The molecule has 0 aliphatic rings. The summed E-state index contributed by atoms with van der Waals surface area (Å²) < 4.78 is 0. The van der Waals surface area contributed by atoms with Gasteiger partial charge >= 0.3 is 0 Å². The first-order chi connectivity index (χ1) is 5.43. The third-order valence-electron chi connectivity index (χ3n) is 1.35. The van der Waals surface area contributed by atoms with Crippen molar-refractivity contribution in [2.75, 3.05) is 0 Å². The van der Waals surface area contributed by atoms with E-state index in [1.165, 1.54) is 5.56 Å². The monoisotopic (exact) mass is 146 g/mol. The Labute approximate surface area is 66.0 Å². The van der Waals surface area contributed by atoms with Crippen molar-refractivity contribution in [3.63, 3.8) is 0 Å². The predicted molar refractivity (Wildman–Crippen MR) is 46.3 cm³/mol. The number of rotatable bonds is 2. The third-order valence-corrected chi connectivity index (χ3v) is 1.35. The number of nitrogens with two attached hydrogens (primary N) is 1. The third kappa shape index (κ3) is 2.70. The maximum Gasteiger partial charge on any atom is 0.00360 e. The van der Waals surface area contributed by atoms with Gasteiger partial charge in [0, 0.05) is 5.87 Å². The second-order valence-electron chi connectivity index (χ2n) is 2.15. The summed E-state index contributed by atoms with van der Waals surface area (Å²) in [6.07, 6.45) is 2.64. The molecule has 0 aliphatic heterocycles. The van der Waals surface area contributed by atoms with E-state index in [0.717, 1.165) is 6.42 Å². The molecule has 0 fully saturated rings. The van der Waals surface area contributed by atoms with E-state index in [9.17, 15) is 0 Å². The number of nitrogens with zero attached hydrogens (tertiary/aromatic N) is 1. The van der Waals surface area contributed by atoms with Crippen LogP contribution < -0.4 is 5.84 Å². The summed E-state index contributed by atoms with van der Waals surface area (Å²) in [5, 5.41) is 3.25. The van der Waals surface area contributed by atoms with E-state index < -0.39 is 0 Å². The van der Waals surface area contributed by atoms with Gasteiger partial charge in [-0.2, -0.15) is 0 Å². The van der Waals surface area contributed by atoms with E-state index in [1.807, 2.05) is 18.2 Å². The molecule has 0 aliphatic carbocycles.